The van der Waals surface area contributed by atoms with E-state index in [-0.39, 0.29) is 5.82 Å². The maximum atomic E-state index is 13.5. The highest BCUT2D eigenvalue weighted by Gasteiger charge is 2.27. The summed E-state index contributed by atoms with van der Waals surface area (Å²) in [6.45, 7) is 2.20. The van der Waals surface area contributed by atoms with Gasteiger partial charge in [0.1, 0.15) is 12.4 Å². The Balaban J connectivity index is 1.33. The number of hydrogen-bond acceptors (Lipinski definition) is 8. The van der Waals surface area contributed by atoms with Crippen LogP contribution >= 0.6 is 0 Å². The standard InChI is InChI=1S/C24H28FN5O4/c1-26-27-6-7-32-8-9-33-10-11-34-22-13-16-12-20-23(19(16)15-21(22)31-2)29-30-24(20)28-18-5-3-4-17(25)14-18/h3-6,13-15,26H,7-12H2,1-2H3,(H2,28,29,30)/b27-6+. The van der Waals surface area contributed by atoms with E-state index >= 15 is 0 Å². The molecule has 1 aromatic heterocycles. The maximum absolute atomic E-state index is 13.5. The van der Waals surface area contributed by atoms with E-state index in [1.54, 1.807) is 32.5 Å². The van der Waals surface area contributed by atoms with Crippen LogP contribution in [0.15, 0.2) is 41.5 Å². The first-order valence-corrected chi connectivity index (χ1v) is 11.0. The Labute approximate surface area is 197 Å². The van der Waals surface area contributed by atoms with Gasteiger partial charge in [-0.05, 0) is 35.9 Å². The Hall–Kier alpha value is -3.63. The van der Waals surface area contributed by atoms with Crippen molar-refractivity contribution in [2.24, 2.45) is 5.10 Å². The minimum atomic E-state index is -0.303. The van der Waals surface area contributed by atoms with Gasteiger partial charge in [0.15, 0.2) is 17.3 Å². The lowest BCUT2D eigenvalue weighted by Gasteiger charge is -2.13. The second-order valence-electron chi connectivity index (χ2n) is 7.47. The summed E-state index contributed by atoms with van der Waals surface area (Å²) in [7, 11) is 3.34. The normalized spacial score (nSPS) is 12.0. The fourth-order valence-electron chi connectivity index (χ4n) is 3.71. The Morgan fingerprint density at radius 1 is 1.12 bits per heavy atom. The highest BCUT2D eigenvalue weighted by atomic mass is 19.1. The van der Waals surface area contributed by atoms with Gasteiger partial charge < -0.3 is 29.7 Å². The molecule has 3 N–H and O–H groups in total. The summed E-state index contributed by atoms with van der Waals surface area (Å²) in [4.78, 5) is 0. The zero-order chi connectivity index (χ0) is 23.8. The van der Waals surface area contributed by atoms with Gasteiger partial charge in [-0.25, -0.2) is 4.39 Å². The summed E-state index contributed by atoms with van der Waals surface area (Å²) >= 11 is 0. The van der Waals surface area contributed by atoms with Crippen molar-refractivity contribution in [2.75, 3.05) is 52.5 Å². The van der Waals surface area contributed by atoms with Crippen LogP contribution in [-0.4, -0.2) is 63.6 Å². The van der Waals surface area contributed by atoms with Crippen LogP contribution in [0.3, 0.4) is 0 Å². The SMILES string of the molecule is CN/N=C/COCCOCCOc1cc2c(cc1OC)-c1[nH]nc(Nc3cccc(F)c3)c1C2. The molecule has 3 aromatic rings. The van der Waals surface area contributed by atoms with Crippen LogP contribution in [0.1, 0.15) is 11.1 Å². The third-order valence-electron chi connectivity index (χ3n) is 5.25. The molecule has 0 radical (unpaired) electrons. The summed E-state index contributed by atoms with van der Waals surface area (Å²) < 4.78 is 35.9. The van der Waals surface area contributed by atoms with Crippen molar-refractivity contribution >= 4 is 17.7 Å². The third kappa shape index (κ3) is 5.64. The molecule has 0 fully saturated rings. The number of aromatic amines is 1. The van der Waals surface area contributed by atoms with Crippen LogP contribution < -0.4 is 20.2 Å². The summed E-state index contributed by atoms with van der Waals surface area (Å²) in [5, 5.41) is 14.5. The molecular weight excluding hydrogens is 441 g/mol. The summed E-state index contributed by atoms with van der Waals surface area (Å²) in [6, 6.07) is 10.2. The highest BCUT2D eigenvalue weighted by molar-refractivity contribution is 5.81. The monoisotopic (exact) mass is 469 g/mol. The molecule has 180 valence electrons. The number of nitrogens with one attached hydrogen (secondary N) is 3. The molecule has 1 aliphatic rings. The first-order chi connectivity index (χ1) is 16.7. The van der Waals surface area contributed by atoms with E-state index in [4.69, 9.17) is 18.9 Å². The number of H-pyrrole nitrogens is 1. The number of nitrogens with zero attached hydrogens (tertiary/aromatic N) is 2. The molecule has 4 rings (SSSR count). The highest BCUT2D eigenvalue weighted by Crippen LogP contribution is 2.44. The van der Waals surface area contributed by atoms with E-state index in [0.717, 1.165) is 22.4 Å². The first-order valence-electron chi connectivity index (χ1n) is 11.0. The maximum Gasteiger partial charge on any atom is 0.161 e. The van der Waals surface area contributed by atoms with E-state index in [0.29, 0.717) is 62.5 Å². The van der Waals surface area contributed by atoms with Gasteiger partial charge in [0.25, 0.3) is 0 Å². The Bertz CT molecular complexity index is 1130. The van der Waals surface area contributed by atoms with Crippen molar-refractivity contribution in [2.45, 2.75) is 6.42 Å². The van der Waals surface area contributed by atoms with Gasteiger partial charge in [-0.3, -0.25) is 5.10 Å². The van der Waals surface area contributed by atoms with Gasteiger partial charge in [-0.2, -0.15) is 10.2 Å². The van der Waals surface area contributed by atoms with Crippen LogP contribution in [0.5, 0.6) is 11.5 Å². The van der Waals surface area contributed by atoms with Crippen LogP contribution in [0.4, 0.5) is 15.9 Å². The molecule has 1 heterocycles. The number of aromatic nitrogens is 2. The van der Waals surface area contributed by atoms with Crippen molar-refractivity contribution in [1.29, 1.82) is 0 Å². The molecule has 1 aliphatic carbocycles. The third-order valence-corrected chi connectivity index (χ3v) is 5.25. The minimum Gasteiger partial charge on any atom is -0.493 e. The zero-order valence-corrected chi connectivity index (χ0v) is 19.2. The molecule has 2 aromatic carbocycles. The quantitative estimate of drug-likeness (QED) is 0.157. The number of hydrazone groups is 1. The van der Waals surface area contributed by atoms with Crippen LogP contribution in [0.25, 0.3) is 11.3 Å². The van der Waals surface area contributed by atoms with Crippen LogP contribution in [-0.2, 0) is 15.9 Å². The van der Waals surface area contributed by atoms with E-state index in [1.807, 2.05) is 12.1 Å². The average Bonchev–Trinajstić information content (AvgIpc) is 3.39. The predicted octanol–water partition coefficient (Wildman–Crippen LogP) is 3.49. The summed E-state index contributed by atoms with van der Waals surface area (Å²) in [5.74, 6) is 1.66. The number of ether oxygens (including phenoxy) is 4. The van der Waals surface area contributed by atoms with Crippen molar-refractivity contribution in [3.63, 3.8) is 0 Å². The molecule has 0 amide bonds. The smallest absolute Gasteiger partial charge is 0.161 e. The van der Waals surface area contributed by atoms with Crippen LogP contribution in [0, 0.1) is 5.82 Å². The van der Waals surface area contributed by atoms with E-state index in [9.17, 15) is 4.39 Å². The molecule has 10 heteroatoms. The average molecular weight is 470 g/mol. The van der Waals surface area contributed by atoms with Gasteiger partial charge >= 0.3 is 0 Å². The Morgan fingerprint density at radius 3 is 2.79 bits per heavy atom. The number of methoxy groups -OCH3 is 1. The fourth-order valence-corrected chi connectivity index (χ4v) is 3.71. The number of halogens is 1. The predicted molar refractivity (Wildman–Crippen MR) is 128 cm³/mol. The first kappa shape index (κ1) is 23.5. The van der Waals surface area contributed by atoms with E-state index < -0.39 is 0 Å². The van der Waals surface area contributed by atoms with E-state index in [1.165, 1.54) is 12.1 Å². The molecule has 9 nitrogen and oxygen atoms in total. The van der Waals surface area contributed by atoms with Crippen molar-refractivity contribution in [3.05, 3.63) is 53.3 Å². The number of hydrogen-bond donors (Lipinski definition) is 3. The second kappa shape index (κ2) is 11.5. The number of benzene rings is 2. The molecule has 0 spiro atoms. The second-order valence-corrected chi connectivity index (χ2v) is 7.47. The molecule has 0 saturated carbocycles. The van der Waals surface area contributed by atoms with Crippen molar-refractivity contribution < 1.29 is 23.3 Å². The van der Waals surface area contributed by atoms with Gasteiger partial charge in [0.2, 0.25) is 0 Å². The Kier molecular flexibility index (Phi) is 7.95. The molecule has 34 heavy (non-hydrogen) atoms. The minimum absolute atomic E-state index is 0.303. The van der Waals surface area contributed by atoms with E-state index in [2.05, 4.69) is 26.0 Å². The molecular formula is C24H28FN5O4. The lowest BCUT2D eigenvalue weighted by molar-refractivity contribution is 0.0477. The zero-order valence-electron chi connectivity index (χ0n) is 19.2. The van der Waals surface area contributed by atoms with Crippen molar-refractivity contribution in [1.82, 2.24) is 15.6 Å². The molecule has 0 bridgehead atoms. The van der Waals surface area contributed by atoms with Gasteiger partial charge in [-0.1, -0.05) is 6.07 Å². The Morgan fingerprint density at radius 2 is 1.97 bits per heavy atom. The number of rotatable bonds is 13. The molecule has 0 aliphatic heterocycles. The van der Waals surface area contributed by atoms with Gasteiger partial charge in [-0.15, -0.1) is 0 Å². The number of fused-ring (bicyclic) bond motifs is 3. The van der Waals surface area contributed by atoms with Crippen molar-refractivity contribution in [3.8, 4) is 22.8 Å². The summed E-state index contributed by atoms with van der Waals surface area (Å²) in [5.41, 5.74) is 7.34. The lowest BCUT2D eigenvalue weighted by Crippen LogP contribution is -2.12. The molecule has 0 saturated heterocycles. The summed E-state index contributed by atoms with van der Waals surface area (Å²) in [6.07, 6.45) is 2.32. The topological polar surface area (TPSA) is 102 Å². The molecule has 0 unspecified atom stereocenters. The lowest BCUT2D eigenvalue weighted by atomic mass is 10.1. The fraction of sp³-hybridized carbons (Fsp3) is 0.333. The largest absolute Gasteiger partial charge is 0.493 e. The van der Waals surface area contributed by atoms with Gasteiger partial charge in [0, 0.05) is 36.5 Å². The van der Waals surface area contributed by atoms with Crippen LogP contribution in [0.2, 0.25) is 0 Å². The number of anilines is 2. The molecule has 0 atom stereocenters. The van der Waals surface area contributed by atoms with Gasteiger partial charge in [0.05, 0.1) is 39.2 Å².